The van der Waals surface area contributed by atoms with Crippen LogP contribution in [0.5, 0.6) is 0 Å². The summed E-state index contributed by atoms with van der Waals surface area (Å²) in [7, 11) is 2.11. The van der Waals surface area contributed by atoms with Gasteiger partial charge >= 0.3 is 6.03 Å². The Bertz CT molecular complexity index is 928. The summed E-state index contributed by atoms with van der Waals surface area (Å²) in [5, 5.41) is 9.75. The second-order valence-electron chi connectivity index (χ2n) is 7.93. The molecule has 1 aliphatic carbocycles. The molecule has 2 aromatic rings. The van der Waals surface area contributed by atoms with Crippen molar-refractivity contribution in [2.24, 2.45) is 16.9 Å². The summed E-state index contributed by atoms with van der Waals surface area (Å²) < 4.78 is 0. The maximum Gasteiger partial charge on any atom is 0.324 e. The summed E-state index contributed by atoms with van der Waals surface area (Å²) in [5.41, 5.74) is 6.59. The van der Waals surface area contributed by atoms with Crippen molar-refractivity contribution in [3.05, 3.63) is 18.6 Å². The Kier molecular flexibility index (Phi) is 4.38. The molecule has 0 bridgehead atoms. The maximum absolute atomic E-state index is 12.6. The topological polar surface area (TPSA) is 117 Å². The number of hydrazine groups is 2. The zero-order chi connectivity index (χ0) is 20.0. The molecule has 0 radical (unpaired) electrons. The van der Waals surface area contributed by atoms with Gasteiger partial charge in [0.05, 0.1) is 11.9 Å². The quantitative estimate of drug-likeness (QED) is 0.592. The molecule has 3 atom stereocenters. The van der Waals surface area contributed by atoms with Gasteiger partial charge in [-0.05, 0) is 37.7 Å². The standard InChI is InChI=1S/C18H26N10O/c1-3-28-24-17(23-25-28)22-18(29)27-8-11-6-13(7-12(11)9-27)26(2)16-14-4-5-19-15(14)20-10-21-16/h4-5,10-13,25H,3,6-9H2,1-2H3,(H,19,20,21)(H2,22,23,24,29)/t11-,12+,13?. The lowest BCUT2D eigenvalue weighted by atomic mass is 10.0. The van der Waals surface area contributed by atoms with Crippen LogP contribution in [-0.2, 0) is 0 Å². The number of carbonyl (C=O) groups is 1. The molecule has 0 spiro atoms. The second kappa shape index (κ2) is 7.07. The van der Waals surface area contributed by atoms with Crippen molar-refractivity contribution in [2.45, 2.75) is 25.8 Å². The number of fused-ring (bicyclic) bond motifs is 2. The first-order chi connectivity index (χ1) is 14.1. The molecule has 1 saturated carbocycles. The van der Waals surface area contributed by atoms with Crippen LogP contribution in [0, 0.1) is 11.8 Å². The van der Waals surface area contributed by atoms with E-state index in [2.05, 4.69) is 48.3 Å². The van der Waals surface area contributed by atoms with Crippen LogP contribution < -0.4 is 21.2 Å². The predicted octanol–water partition coefficient (Wildman–Crippen LogP) is 0.430. The molecule has 2 aromatic heterocycles. The summed E-state index contributed by atoms with van der Waals surface area (Å²) in [6.45, 7) is 4.24. The highest BCUT2D eigenvalue weighted by atomic mass is 16.2. The average Bonchev–Trinajstić information content (AvgIpc) is 3.48. The number of hydrazone groups is 1. The van der Waals surface area contributed by atoms with E-state index in [1.807, 2.05) is 24.1 Å². The van der Waals surface area contributed by atoms with Crippen LogP contribution in [0.3, 0.4) is 0 Å². The third kappa shape index (κ3) is 3.20. The Morgan fingerprint density at radius 3 is 2.83 bits per heavy atom. The first-order valence-electron chi connectivity index (χ1n) is 10.1. The lowest BCUT2D eigenvalue weighted by Crippen LogP contribution is -2.48. The minimum Gasteiger partial charge on any atom is -0.356 e. The summed E-state index contributed by atoms with van der Waals surface area (Å²) >= 11 is 0. The van der Waals surface area contributed by atoms with E-state index in [0.29, 0.717) is 30.4 Å². The van der Waals surface area contributed by atoms with E-state index >= 15 is 0 Å². The summed E-state index contributed by atoms with van der Waals surface area (Å²) in [4.78, 5) is 28.7. The Hall–Kier alpha value is -3.08. The highest BCUT2D eigenvalue weighted by Gasteiger charge is 2.44. The Morgan fingerprint density at radius 1 is 1.31 bits per heavy atom. The predicted molar refractivity (Wildman–Crippen MR) is 108 cm³/mol. The highest BCUT2D eigenvalue weighted by molar-refractivity contribution is 5.96. The van der Waals surface area contributed by atoms with Crippen LogP contribution in [0.2, 0.25) is 0 Å². The fourth-order valence-electron chi connectivity index (χ4n) is 4.74. The SMILES string of the molecule is CCN1N=C(NC(=O)N2C[C@H]3CC(N(C)c4ncnc5[nH]ccc45)C[C@H]3C2)NN1. The van der Waals surface area contributed by atoms with Gasteiger partial charge in [0.2, 0.25) is 5.96 Å². The number of anilines is 1. The zero-order valence-corrected chi connectivity index (χ0v) is 16.6. The van der Waals surface area contributed by atoms with Gasteiger partial charge in [-0.15, -0.1) is 10.6 Å². The van der Waals surface area contributed by atoms with Gasteiger partial charge in [0.1, 0.15) is 17.8 Å². The summed E-state index contributed by atoms with van der Waals surface area (Å²) in [5.74, 6) is 2.43. The van der Waals surface area contributed by atoms with Crippen molar-refractivity contribution in [1.82, 2.24) is 41.2 Å². The van der Waals surface area contributed by atoms with Gasteiger partial charge in [0.25, 0.3) is 0 Å². The van der Waals surface area contributed by atoms with Gasteiger partial charge in [0, 0.05) is 32.4 Å². The van der Waals surface area contributed by atoms with E-state index in [-0.39, 0.29) is 6.03 Å². The van der Waals surface area contributed by atoms with Crippen molar-refractivity contribution in [3.8, 4) is 0 Å². The first kappa shape index (κ1) is 18.0. The van der Waals surface area contributed by atoms with Crippen LogP contribution in [0.25, 0.3) is 11.0 Å². The van der Waals surface area contributed by atoms with Crippen LogP contribution >= 0.6 is 0 Å². The van der Waals surface area contributed by atoms with E-state index in [4.69, 9.17) is 0 Å². The third-order valence-corrected chi connectivity index (χ3v) is 6.28. The Labute approximate surface area is 168 Å². The average molecular weight is 398 g/mol. The fourth-order valence-corrected chi connectivity index (χ4v) is 4.74. The molecule has 2 amide bonds. The molecule has 4 heterocycles. The molecular formula is C18H26N10O. The zero-order valence-electron chi connectivity index (χ0n) is 16.6. The highest BCUT2D eigenvalue weighted by Crippen LogP contribution is 2.41. The molecule has 11 heteroatoms. The monoisotopic (exact) mass is 398 g/mol. The molecule has 154 valence electrons. The molecule has 1 saturated heterocycles. The van der Waals surface area contributed by atoms with Gasteiger partial charge in [0.15, 0.2) is 0 Å². The number of nitrogens with zero attached hydrogens (tertiary/aromatic N) is 6. The number of amides is 2. The van der Waals surface area contributed by atoms with Gasteiger partial charge in [-0.1, -0.05) is 0 Å². The molecule has 1 unspecified atom stereocenters. The molecule has 0 aromatic carbocycles. The van der Waals surface area contributed by atoms with Gasteiger partial charge in [-0.2, -0.15) is 0 Å². The van der Waals surface area contributed by atoms with E-state index in [1.54, 1.807) is 11.4 Å². The fraction of sp³-hybridized carbons (Fsp3) is 0.556. The van der Waals surface area contributed by atoms with Crippen LogP contribution in [-0.4, -0.2) is 69.7 Å². The number of hydrogen-bond donors (Lipinski definition) is 4. The number of nitrogens with one attached hydrogen (secondary N) is 4. The Balaban J connectivity index is 1.20. The number of rotatable bonds is 3. The van der Waals surface area contributed by atoms with Crippen molar-refractivity contribution >= 4 is 28.8 Å². The number of guanidine groups is 1. The minimum atomic E-state index is -0.0971. The van der Waals surface area contributed by atoms with E-state index < -0.39 is 0 Å². The third-order valence-electron chi connectivity index (χ3n) is 6.28. The largest absolute Gasteiger partial charge is 0.356 e. The van der Waals surface area contributed by atoms with E-state index in [0.717, 1.165) is 42.8 Å². The van der Waals surface area contributed by atoms with Crippen molar-refractivity contribution < 1.29 is 4.79 Å². The number of H-pyrrole nitrogens is 1. The van der Waals surface area contributed by atoms with E-state index in [1.165, 1.54) is 0 Å². The van der Waals surface area contributed by atoms with Crippen molar-refractivity contribution in [1.29, 1.82) is 0 Å². The molecule has 2 aliphatic heterocycles. The second-order valence-corrected chi connectivity index (χ2v) is 7.93. The number of urea groups is 1. The molecule has 29 heavy (non-hydrogen) atoms. The molecule has 4 N–H and O–H groups in total. The molecule has 3 aliphatic rings. The minimum absolute atomic E-state index is 0.0971. The summed E-state index contributed by atoms with van der Waals surface area (Å²) in [6, 6.07) is 2.35. The van der Waals surface area contributed by atoms with Gasteiger partial charge in [-0.25, -0.2) is 19.9 Å². The number of carbonyl (C=O) groups excluding carboxylic acids is 1. The number of aromatic amines is 1. The lowest BCUT2D eigenvalue weighted by Gasteiger charge is -2.28. The smallest absolute Gasteiger partial charge is 0.324 e. The van der Waals surface area contributed by atoms with Crippen LogP contribution in [0.4, 0.5) is 10.6 Å². The first-order valence-corrected chi connectivity index (χ1v) is 10.1. The normalized spacial score (nSPS) is 25.9. The van der Waals surface area contributed by atoms with Crippen molar-refractivity contribution in [3.63, 3.8) is 0 Å². The number of likely N-dealkylation sites (tertiary alicyclic amines) is 1. The lowest BCUT2D eigenvalue weighted by molar-refractivity contribution is 0.209. The van der Waals surface area contributed by atoms with Gasteiger partial charge < -0.3 is 14.8 Å². The molecule has 11 nitrogen and oxygen atoms in total. The Morgan fingerprint density at radius 2 is 2.10 bits per heavy atom. The molecule has 5 rings (SSSR count). The van der Waals surface area contributed by atoms with E-state index in [9.17, 15) is 4.79 Å². The van der Waals surface area contributed by atoms with Crippen LogP contribution in [0.1, 0.15) is 19.8 Å². The molecule has 2 fully saturated rings. The van der Waals surface area contributed by atoms with Gasteiger partial charge in [-0.3, -0.25) is 10.7 Å². The van der Waals surface area contributed by atoms with Crippen LogP contribution in [0.15, 0.2) is 23.7 Å². The molecular weight excluding hydrogens is 372 g/mol. The maximum atomic E-state index is 12.6. The number of aromatic nitrogens is 3. The van der Waals surface area contributed by atoms with Crippen molar-refractivity contribution in [2.75, 3.05) is 31.6 Å². The number of hydrogen-bond acceptors (Lipinski definition) is 8. The summed E-state index contributed by atoms with van der Waals surface area (Å²) in [6.07, 6.45) is 5.63.